The number of ether oxygens (including phenoxy) is 1. The number of unbranched alkanes of at least 4 members (excludes halogenated alkanes) is 4. The zero-order valence-corrected chi connectivity index (χ0v) is 23.4. The minimum Gasteiger partial charge on any atom is -0.482 e. The van der Waals surface area contributed by atoms with Gasteiger partial charge in [-0.15, -0.1) is 0 Å². The number of benzene rings is 1. The fourth-order valence-electron chi connectivity index (χ4n) is 4.46. The van der Waals surface area contributed by atoms with E-state index in [1.165, 1.54) is 0 Å². The fourth-order valence-corrected chi connectivity index (χ4v) is 4.97. The number of furan rings is 1. The van der Waals surface area contributed by atoms with Gasteiger partial charge in [-0.05, 0) is 53.3 Å². The van der Waals surface area contributed by atoms with Gasteiger partial charge in [0, 0.05) is 37.1 Å². The summed E-state index contributed by atoms with van der Waals surface area (Å²) in [5.41, 5.74) is 1.22. The highest BCUT2D eigenvalue weighted by molar-refractivity contribution is 14.1. The monoisotopic (exact) mass is 624 g/mol. The van der Waals surface area contributed by atoms with Crippen molar-refractivity contribution >= 4 is 34.4 Å². The molecule has 0 bridgehead atoms. The van der Waals surface area contributed by atoms with Crippen LogP contribution in [0.15, 0.2) is 58.9 Å². The molecule has 8 nitrogen and oxygen atoms in total. The minimum absolute atomic E-state index is 0.0770. The van der Waals surface area contributed by atoms with Gasteiger partial charge >= 0.3 is 0 Å². The summed E-state index contributed by atoms with van der Waals surface area (Å²) in [6.07, 6.45) is 8.50. The van der Waals surface area contributed by atoms with Crippen LogP contribution in [0, 0.1) is 3.57 Å². The van der Waals surface area contributed by atoms with Gasteiger partial charge in [-0.3, -0.25) is 9.59 Å². The number of amides is 2. The number of rotatable bonds is 14. The molecule has 3 unspecified atom stereocenters. The van der Waals surface area contributed by atoms with Crippen molar-refractivity contribution < 1.29 is 29.0 Å². The van der Waals surface area contributed by atoms with Gasteiger partial charge in [0.25, 0.3) is 0 Å². The number of carbonyl (C=O) groups excluding carboxylic acids is 2. The van der Waals surface area contributed by atoms with E-state index in [1.54, 1.807) is 29.6 Å². The van der Waals surface area contributed by atoms with Gasteiger partial charge < -0.3 is 29.6 Å². The number of para-hydroxylation sites is 1. The van der Waals surface area contributed by atoms with Crippen molar-refractivity contribution in [2.75, 3.05) is 13.2 Å². The molecule has 0 fully saturated rings. The standard InChI is InChI=1S/C28H37IN2O6/c1-2-3-4-5-6-11-26(33)31(18-20-12-15-36-19-20)23-16-21(28(35)30-13-14-32)17-25(27(23)34)37-24-10-8-7-9-22(24)29/h7-10,12,15,17,19,23,25,27,32,34H,2-6,11,13-14,16,18H2,1H3,(H,30,35). The first-order valence-electron chi connectivity index (χ1n) is 12.9. The summed E-state index contributed by atoms with van der Waals surface area (Å²) >= 11 is 2.16. The largest absolute Gasteiger partial charge is 0.482 e. The maximum Gasteiger partial charge on any atom is 0.247 e. The Labute approximate surface area is 232 Å². The summed E-state index contributed by atoms with van der Waals surface area (Å²) in [6, 6.07) is 8.56. The molecular formula is C28H37IN2O6. The molecule has 0 spiro atoms. The van der Waals surface area contributed by atoms with Gasteiger partial charge in [-0.25, -0.2) is 0 Å². The Bertz CT molecular complexity index is 1030. The summed E-state index contributed by atoms with van der Waals surface area (Å²) in [6.45, 7) is 2.34. The smallest absolute Gasteiger partial charge is 0.247 e. The molecule has 1 heterocycles. The Morgan fingerprint density at radius 2 is 1.97 bits per heavy atom. The number of hydrogen-bond donors (Lipinski definition) is 3. The van der Waals surface area contributed by atoms with E-state index < -0.39 is 18.2 Å². The van der Waals surface area contributed by atoms with E-state index in [0.717, 1.165) is 41.2 Å². The molecule has 1 aromatic carbocycles. The van der Waals surface area contributed by atoms with E-state index in [0.29, 0.717) is 17.7 Å². The van der Waals surface area contributed by atoms with Crippen LogP contribution in [0.1, 0.15) is 57.4 Å². The van der Waals surface area contributed by atoms with Gasteiger partial charge in [0.2, 0.25) is 11.8 Å². The molecule has 37 heavy (non-hydrogen) atoms. The van der Waals surface area contributed by atoms with E-state index in [-0.39, 0.29) is 37.9 Å². The van der Waals surface area contributed by atoms with E-state index in [1.807, 2.05) is 24.3 Å². The molecule has 202 valence electrons. The lowest BCUT2D eigenvalue weighted by molar-refractivity contribution is -0.139. The van der Waals surface area contributed by atoms with Crippen LogP contribution in [-0.4, -0.2) is 58.3 Å². The molecule has 1 aliphatic carbocycles. The van der Waals surface area contributed by atoms with Crippen molar-refractivity contribution in [2.45, 2.75) is 76.7 Å². The molecule has 3 rings (SSSR count). The van der Waals surface area contributed by atoms with Crippen LogP contribution in [0.4, 0.5) is 0 Å². The van der Waals surface area contributed by atoms with E-state index >= 15 is 0 Å². The number of nitrogens with zero attached hydrogens (tertiary/aromatic N) is 1. The van der Waals surface area contributed by atoms with Gasteiger partial charge in [0.05, 0.1) is 28.7 Å². The maximum absolute atomic E-state index is 13.5. The van der Waals surface area contributed by atoms with Crippen molar-refractivity contribution in [3.63, 3.8) is 0 Å². The number of carbonyl (C=O) groups is 2. The van der Waals surface area contributed by atoms with Crippen LogP contribution >= 0.6 is 22.6 Å². The van der Waals surface area contributed by atoms with Crippen LogP contribution in [0.2, 0.25) is 0 Å². The molecule has 2 amide bonds. The topological polar surface area (TPSA) is 112 Å². The Morgan fingerprint density at radius 3 is 2.68 bits per heavy atom. The normalized spacial score (nSPS) is 19.2. The second-order valence-corrected chi connectivity index (χ2v) is 10.4. The third-order valence-electron chi connectivity index (χ3n) is 6.46. The van der Waals surface area contributed by atoms with Crippen LogP contribution in [-0.2, 0) is 16.1 Å². The number of hydrogen-bond acceptors (Lipinski definition) is 6. The van der Waals surface area contributed by atoms with E-state index in [4.69, 9.17) is 14.3 Å². The van der Waals surface area contributed by atoms with Crippen LogP contribution in [0.25, 0.3) is 0 Å². The van der Waals surface area contributed by atoms with Crippen LogP contribution in [0.5, 0.6) is 5.75 Å². The number of nitrogens with one attached hydrogen (secondary N) is 1. The highest BCUT2D eigenvalue weighted by atomic mass is 127. The quantitative estimate of drug-likeness (QED) is 0.215. The Hall–Kier alpha value is -2.37. The van der Waals surface area contributed by atoms with Crippen molar-refractivity contribution in [3.05, 3.63) is 63.6 Å². The molecule has 0 saturated carbocycles. The Balaban J connectivity index is 1.87. The first-order chi connectivity index (χ1) is 17.9. The zero-order chi connectivity index (χ0) is 26.6. The summed E-state index contributed by atoms with van der Waals surface area (Å²) in [5, 5.41) is 23.3. The number of aliphatic hydroxyl groups excluding tert-OH is 2. The highest BCUT2D eigenvalue weighted by Gasteiger charge is 2.40. The first kappa shape index (κ1) is 29.2. The lowest BCUT2D eigenvalue weighted by Crippen LogP contribution is -2.54. The summed E-state index contributed by atoms with van der Waals surface area (Å²) < 4.78 is 12.3. The van der Waals surface area contributed by atoms with Gasteiger partial charge in [0.15, 0.2) is 0 Å². The second kappa shape index (κ2) is 15.1. The molecule has 0 saturated heterocycles. The van der Waals surface area contributed by atoms with Crippen molar-refractivity contribution in [2.24, 2.45) is 0 Å². The van der Waals surface area contributed by atoms with Crippen molar-refractivity contribution in [3.8, 4) is 5.75 Å². The highest BCUT2D eigenvalue weighted by Crippen LogP contribution is 2.31. The average Bonchev–Trinajstić information content (AvgIpc) is 3.41. The summed E-state index contributed by atoms with van der Waals surface area (Å²) in [5.74, 6) is 0.159. The lowest BCUT2D eigenvalue weighted by Gasteiger charge is -2.40. The fraction of sp³-hybridized carbons (Fsp3) is 0.500. The van der Waals surface area contributed by atoms with Gasteiger partial charge in [-0.1, -0.05) is 44.7 Å². The molecule has 1 aliphatic rings. The number of halogens is 1. The SMILES string of the molecule is CCCCCCCC(=O)N(Cc1ccoc1)C1CC(C(=O)NCCO)=CC(Oc2ccccc2I)C1O. The van der Waals surface area contributed by atoms with Crippen molar-refractivity contribution in [1.29, 1.82) is 0 Å². The van der Waals surface area contributed by atoms with Gasteiger partial charge in [-0.2, -0.15) is 0 Å². The maximum atomic E-state index is 13.5. The second-order valence-electron chi connectivity index (χ2n) is 9.26. The number of aliphatic hydroxyl groups is 2. The van der Waals surface area contributed by atoms with Crippen LogP contribution in [0.3, 0.4) is 0 Å². The predicted molar refractivity (Wildman–Crippen MR) is 149 cm³/mol. The minimum atomic E-state index is -1.05. The van der Waals surface area contributed by atoms with Crippen LogP contribution < -0.4 is 10.1 Å². The Kier molecular flexibility index (Phi) is 11.9. The van der Waals surface area contributed by atoms with E-state index in [2.05, 4.69) is 34.8 Å². The Morgan fingerprint density at radius 1 is 1.19 bits per heavy atom. The zero-order valence-electron chi connectivity index (χ0n) is 21.3. The molecule has 2 aromatic rings. The average molecular weight is 625 g/mol. The molecule has 3 atom stereocenters. The third kappa shape index (κ3) is 8.58. The predicted octanol–water partition coefficient (Wildman–Crippen LogP) is 4.19. The summed E-state index contributed by atoms with van der Waals surface area (Å²) in [4.78, 5) is 28.1. The first-order valence-corrected chi connectivity index (χ1v) is 14.0. The molecule has 9 heteroatoms. The van der Waals surface area contributed by atoms with Gasteiger partial charge in [0.1, 0.15) is 18.0 Å². The molecule has 1 aromatic heterocycles. The summed E-state index contributed by atoms with van der Waals surface area (Å²) in [7, 11) is 0. The van der Waals surface area contributed by atoms with Crippen molar-refractivity contribution in [1.82, 2.24) is 10.2 Å². The third-order valence-corrected chi connectivity index (χ3v) is 7.35. The van der Waals surface area contributed by atoms with E-state index in [9.17, 15) is 14.7 Å². The molecular weight excluding hydrogens is 587 g/mol. The molecule has 0 aliphatic heterocycles. The lowest BCUT2D eigenvalue weighted by atomic mass is 9.87. The molecule has 3 N–H and O–H groups in total. The molecule has 0 radical (unpaired) electrons.